The standard InChI is InChI=1S/C8H9BO2.C2H6/c1-6-7-4-2-3-5-8(7)9(10)11-6;1-2/h2-6,10H,1H3;1-2H3. The van der Waals surface area contributed by atoms with Crippen molar-refractivity contribution in [2.24, 2.45) is 0 Å². The summed E-state index contributed by atoms with van der Waals surface area (Å²) >= 11 is 0. The van der Waals surface area contributed by atoms with Gasteiger partial charge in [0.05, 0.1) is 6.10 Å². The average Bonchev–Trinajstić information content (AvgIpc) is 2.47. The molecule has 0 fully saturated rings. The van der Waals surface area contributed by atoms with Gasteiger partial charge in [-0.25, -0.2) is 0 Å². The van der Waals surface area contributed by atoms with Crippen molar-refractivity contribution in [3.8, 4) is 0 Å². The molecule has 0 saturated heterocycles. The molecule has 0 radical (unpaired) electrons. The highest BCUT2D eigenvalue weighted by atomic mass is 16.5. The van der Waals surface area contributed by atoms with Gasteiger partial charge >= 0.3 is 7.12 Å². The third-order valence-electron chi connectivity index (χ3n) is 2.03. The van der Waals surface area contributed by atoms with Crippen LogP contribution in [0.2, 0.25) is 0 Å². The van der Waals surface area contributed by atoms with Gasteiger partial charge in [0.15, 0.2) is 0 Å². The summed E-state index contributed by atoms with van der Waals surface area (Å²) in [6, 6.07) is 7.74. The normalized spacial score (nSPS) is 19.1. The second-order valence-electron chi connectivity index (χ2n) is 2.76. The third-order valence-corrected chi connectivity index (χ3v) is 2.03. The zero-order valence-electron chi connectivity index (χ0n) is 8.32. The molecule has 1 aromatic rings. The van der Waals surface area contributed by atoms with Crippen molar-refractivity contribution >= 4 is 12.6 Å². The number of hydrogen-bond acceptors (Lipinski definition) is 2. The Kier molecular flexibility index (Phi) is 3.52. The first-order valence-corrected chi connectivity index (χ1v) is 4.71. The smallest absolute Gasteiger partial charge is 0.423 e. The van der Waals surface area contributed by atoms with Gasteiger partial charge in [-0.15, -0.1) is 0 Å². The molecule has 3 heteroatoms. The van der Waals surface area contributed by atoms with Crippen molar-refractivity contribution in [1.82, 2.24) is 0 Å². The molecule has 0 aliphatic carbocycles. The topological polar surface area (TPSA) is 29.5 Å². The lowest BCUT2D eigenvalue weighted by atomic mass is 9.79. The molecular weight excluding hydrogens is 163 g/mol. The molecule has 2 nitrogen and oxygen atoms in total. The van der Waals surface area contributed by atoms with Crippen molar-refractivity contribution < 1.29 is 9.68 Å². The summed E-state index contributed by atoms with van der Waals surface area (Å²) in [5.74, 6) is 0. The minimum Gasteiger partial charge on any atom is -0.423 e. The lowest BCUT2D eigenvalue weighted by Crippen LogP contribution is -2.27. The van der Waals surface area contributed by atoms with Crippen LogP contribution in [0.3, 0.4) is 0 Å². The van der Waals surface area contributed by atoms with Gasteiger partial charge in [0.2, 0.25) is 0 Å². The molecule has 13 heavy (non-hydrogen) atoms. The molecule has 0 aromatic heterocycles. The Morgan fingerprint density at radius 3 is 2.54 bits per heavy atom. The molecule has 70 valence electrons. The molecule has 1 unspecified atom stereocenters. The second-order valence-corrected chi connectivity index (χ2v) is 2.76. The van der Waals surface area contributed by atoms with Crippen LogP contribution in [-0.4, -0.2) is 12.1 Å². The van der Waals surface area contributed by atoms with Gasteiger partial charge in [-0.05, 0) is 17.9 Å². The molecule has 1 aromatic carbocycles. The maximum Gasteiger partial charge on any atom is 0.491 e. The number of fused-ring (bicyclic) bond motifs is 1. The Morgan fingerprint density at radius 2 is 1.92 bits per heavy atom. The van der Waals surface area contributed by atoms with E-state index in [0.717, 1.165) is 11.0 Å². The molecular formula is C10H15BO2. The lowest BCUT2D eigenvalue weighted by Gasteiger charge is -2.02. The molecule has 1 N–H and O–H groups in total. The van der Waals surface area contributed by atoms with Gasteiger partial charge in [0, 0.05) is 0 Å². The average molecular weight is 178 g/mol. The predicted molar refractivity (Wildman–Crippen MR) is 54.9 cm³/mol. The Morgan fingerprint density at radius 1 is 1.31 bits per heavy atom. The zero-order valence-corrected chi connectivity index (χ0v) is 8.32. The Hall–Kier alpha value is -0.795. The van der Waals surface area contributed by atoms with Gasteiger partial charge in [-0.1, -0.05) is 38.1 Å². The van der Waals surface area contributed by atoms with Crippen LogP contribution in [0.15, 0.2) is 24.3 Å². The zero-order chi connectivity index (χ0) is 9.84. The van der Waals surface area contributed by atoms with E-state index in [4.69, 9.17) is 4.65 Å². The van der Waals surface area contributed by atoms with E-state index in [0.29, 0.717) is 0 Å². The predicted octanol–water partition coefficient (Wildman–Crippen LogP) is 1.49. The van der Waals surface area contributed by atoms with Gasteiger partial charge in [-0.2, -0.15) is 0 Å². The molecule has 0 bridgehead atoms. The molecule has 1 aliphatic heterocycles. The van der Waals surface area contributed by atoms with E-state index in [1.807, 2.05) is 45.0 Å². The van der Waals surface area contributed by atoms with Crippen molar-refractivity contribution in [1.29, 1.82) is 0 Å². The van der Waals surface area contributed by atoms with E-state index in [-0.39, 0.29) is 6.10 Å². The molecule has 0 amide bonds. The first-order valence-electron chi connectivity index (χ1n) is 4.71. The summed E-state index contributed by atoms with van der Waals surface area (Å²) in [6.45, 7) is 5.94. The minimum atomic E-state index is -0.721. The van der Waals surface area contributed by atoms with Gasteiger partial charge in [0.1, 0.15) is 0 Å². The quantitative estimate of drug-likeness (QED) is 0.610. The summed E-state index contributed by atoms with van der Waals surface area (Å²) in [6.07, 6.45) is 0.0289. The molecule has 1 atom stereocenters. The van der Waals surface area contributed by atoms with Crippen LogP contribution in [0, 0.1) is 0 Å². The van der Waals surface area contributed by atoms with Crippen LogP contribution < -0.4 is 5.46 Å². The summed E-state index contributed by atoms with van der Waals surface area (Å²) < 4.78 is 5.19. The van der Waals surface area contributed by atoms with Gasteiger partial charge < -0.3 is 9.68 Å². The summed E-state index contributed by atoms with van der Waals surface area (Å²) in [5.41, 5.74) is 2.00. The van der Waals surface area contributed by atoms with Crippen LogP contribution in [0.1, 0.15) is 32.4 Å². The van der Waals surface area contributed by atoms with Crippen molar-refractivity contribution in [2.45, 2.75) is 26.9 Å². The van der Waals surface area contributed by atoms with E-state index in [9.17, 15) is 5.02 Å². The van der Waals surface area contributed by atoms with E-state index < -0.39 is 7.12 Å². The number of hydrogen-bond donors (Lipinski definition) is 1. The summed E-state index contributed by atoms with van der Waals surface area (Å²) in [5, 5.41) is 9.33. The highest BCUT2D eigenvalue weighted by Gasteiger charge is 2.31. The minimum absolute atomic E-state index is 0.0289. The Balaban J connectivity index is 0.000000396. The van der Waals surface area contributed by atoms with Crippen molar-refractivity contribution in [3.63, 3.8) is 0 Å². The van der Waals surface area contributed by atoms with Crippen LogP contribution in [0.4, 0.5) is 0 Å². The maximum atomic E-state index is 9.33. The first kappa shape index (κ1) is 10.3. The molecule has 0 saturated carbocycles. The van der Waals surface area contributed by atoms with Crippen LogP contribution >= 0.6 is 0 Å². The van der Waals surface area contributed by atoms with E-state index in [1.54, 1.807) is 0 Å². The summed E-state index contributed by atoms with van der Waals surface area (Å²) in [4.78, 5) is 0. The number of benzene rings is 1. The molecule has 1 heterocycles. The largest absolute Gasteiger partial charge is 0.491 e. The SMILES string of the molecule is CC.CC1OB(O)c2ccccc21. The van der Waals surface area contributed by atoms with Gasteiger partial charge in [-0.3, -0.25) is 0 Å². The van der Waals surface area contributed by atoms with Crippen LogP contribution in [0.25, 0.3) is 0 Å². The fourth-order valence-corrected chi connectivity index (χ4v) is 1.45. The molecule has 1 aliphatic rings. The van der Waals surface area contributed by atoms with E-state index >= 15 is 0 Å². The summed E-state index contributed by atoms with van der Waals surface area (Å²) in [7, 11) is -0.721. The van der Waals surface area contributed by atoms with Gasteiger partial charge in [0.25, 0.3) is 0 Å². The third kappa shape index (κ3) is 1.93. The second kappa shape index (κ2) is 4.44. The first-order chi connectivity index (χ1) is 6.29. The fourth-order valence-electron chi connectivity index (χ4n) is 1.45. The van der Waals surface area contributed by atoms with E-state index in [1.165, 1.54) is 0 Å². The van der Waals surface area contributed by atoms with Crippen molar-refractivity contribution in [2.75, 3.05) is 0 Å². The molecule has 2 rings (SSSR count). The lowest BCUT2D eigenvalue weighted by molar-refractivity contribution is 0.209. The number of rotatable bonds is 0. The Bertz CT molecular complexity index is 248. The monoisotopic (exact) mass is 178 g/mol. The maximum absolute atomic E-state index is 9.33. The van der Waals surface area contributed by atoms with Crippen LogP contribution in [-0.2, 0) is 4.65 Å². The van der Waals surface area contributed by atoms with Crippen molar-refractivity contribution in [3.05, 3.63) is 29.8 Å². The van der Waals surface area contributed by atoms with Crippen LogP contribution in [0.5, 0.6) is 0 Å². The Labute approximate surface area is 79.7 Å². The fraction of sp³-hybridized carbons (Fsp3) is 0.400. The highest BCUT2D eigenvalue weighted by molar-refractivity contribution is 6.61. The molecule has 0 spiro atoms. The van der Waals surface area contributed by atoms with E-state index in [2.05, 4.69) is 0 Å². The highest BCUT2D eigenvalue weighted by Crippen LogP contribution is 2.21.